The van der Waals surface area contributed by atoms with Crippen LogP contribution >= 0.6 is 11.3 Å². The summed E-state index contributed by atoms with van der Waals surface area (Å²) in [5.41, 5.74) is 2.78. The number of ether oxygens (including phenoxy) is 1. The van der Waals surface area contributed by atoms with Crippen molar-refractivity contribution in [3.05, 3.63) is 35.3 Å². The lowest BCUT2D eigenvalue weighted by molar-refractivity contribution is 0.0794. The standard InChI is InChI=1S/C24H27N7O2S/c1-25-15-6-7-31(14-15)24(32)20-12-18-21(34-20)23(30-8-10-33-11-9-30)28-22(27-18)16-4-3-5-19-17(16)13-26-29(19)2/h3-5,12-13,15,25H,6-11,14H2,1-2H3. The second-order valence-electron chi connectivity index (χ2n) is 8.83. The Hall–Kier alpha value is -3.08. The number of nitrogens with one attached hydrogen (secondary N) is 1. The van der Waals surface area contributed by atoms with Gasteiger partial charge in [0.05, 0.1) is 40.0 Å². The minimum absolute atomic E-state index is 0.0737. The number of rotatable bonds is 4. The van der Waals surface area contributed by atoms with Gasteiger partial charge < -0.3 is 19.9 Å². The van der Waals surface area contributed by atoms with Crippen LogP contribution in [0.5, 0.6) is 0 Å². The smallest absolute Gasteiger partial charge is 0.264 e. The van der Waals surface area contributed by atoms with Gasteiger partial charge in [0.2, 0.25) is 0 Å². The summed E-state index contributed by atoms with van der Waals surface area (Å²) in [6, 6.07) is 8.38. The molecule has 6 rings (SSSR count). The van der Waals surface area contributed by atoms with Gasteiger partial charge in [-0.05, 0) is 25.6 Å². The van der Waals surface area contributed by atoms with Crippen molar-refractivity contribution < 1.29 is 9.53 Å². The molecule has 2 fully saturated rings. The molecule has 1 aromatic carbocycles. The van der Waals surface area contributed by atoms with Crippen molar-refractivity contribution in [2.75, 3.05) is 51.3 Å². The van der Waals surface area contributed by atoms with Gasteiger partial charge in [0, 0.05) is 50.2 Å². The van der Waals surface area contributed by atoms with Crippen LogP contribution in [0.3, 0.4) is 0 Å². The summed E-state index contributed by atoms with van der Waals surface area (Å²) in [7, 11) is 3.88. The first kappa shape index (κ1) is 21.5. The Bertz CT molecular complexity index is 1370. The fourth-order valence-corrected chi connectivity index (χ4v) is 5.92. The molecule has 9 nitrogen and oxygen atoms in total. The summed E-state index contributed by atoms with van der Waals surface area (Å²) in [5, 5.41) is 8.72. The average molecular weight is 478 g/mol. The molecule has 1 amide bonds. The maximum Gasteiger partial charge on any atom is 0.264 e. The van der Waals surface area contributed by atoms with Gasteiger partial charge in [-0.1, -0.05) is 12.1 Å². The molecule has 2 aliphatic heterocycles. The van der Waals surface area contributed by atoms with Crippen LogP contribution in [0.4, 0.5) is 5.82 Å². The number of benzene rings is 1. The first-order valence-corrected chi connectivity index (χ1v) is 12.5. The molecular weight excluding hydrogens is 450 g/mol. The Kier molecular flexibility index (Phi) is 5.43. The molecule has 0 aliphatic carbocycles. The third-order valence-corrected chi connectivity index (χ3v) is 7.90. The highest BCUT2D eigenvalue weighted by Gasteiger charge is 2.28. The first-order valence-electron chi connectivity index (χ1n) is 11.6. The molecule has 1 atom stereocenters. The molecule has 0 saturated carbocycles. The molecule has 10 heteroatoms. The van der Waals surface area contributed by atoms with Crippen LogP contribution in [0.1, 0.15) is 16.1 Å². The van der Waals surface area contributed by atoms with E-state index >= 15 is 0 Å². The molecule has 34 heavy (non-hydrogen) atoms. The average Bonchev–Trinajstić information content (AvgIpc) is 3.62. The fraction of sp³-hybridized carbons (Fsp3) is 0.417. The number of nitrogens with zero attached hydrogens (tertiary/aromatic N) is 6. The lowest BCUT2D eigenvalue weighted by Gasteiger charge is -2.28. The SMILES string of the molecule is CNC1CCN(C(=O)c2cc3nc(-c4cccc5c4cnn5C)nc(N4CCOCC4)c3s2)C1. The Balaban J connectivity index is 1.47. The molecule has 5 heterocycles. The van der Waals surface area contributed by atoms with Crippen LogP contribution in [-0.2, 0) is 11.8 Å². The van der Waals surface area contributed by atoms with E-state index < -0.39 is 0 Å². The fourth-order valence-electron chi connectivity index (χ4n) is 4.84. The van der Waals surface area contributed by atoms with Crippen LogP contribution in [-0.4, -0.2) is 83.0 Å². The monoisotopic (exact) mass is 477 g/mol. The molecule has 2 aliphatic rings. The second kappa shape index (κ2) is 8.61. The van der Waals surface area contributed by atoms with Gasteiger partial charge in [-0.15, -0.1) is 11.3 Å². The summed E-state index contributed by atoms with van der Waals surface area (Å²) >= 11 is 1.50. The van der Waals surface area contributed by atoms with E-state index in [4.69, 9.17) is 14.7 Å². The van der Waals surface area contributed by atoms with E-state index in [-0.39, 0.29) is 5.91 Å². The van der Waals surface area contributed by atoms with Gasteiger partial charge in [0.1, 0.15) is 0 Å². The predicted molar refractivity (Wildman–Crippen MR) is 134 cm³/mol. The van der Waals surface area contributed by atoms with Crippen LogP contribution in [0.15, 0.2) is 30.5 Å². The summed E-state index contributed by atoms with van der Waals surface area (Å²) in [4.78, 5) is 28.2. The Morgan fingerprint density at radius 3 is 2.85 bits per heavy atom. The van der Waals surface area contributed by atoms with Crippen LogP contribution < -0.4 is 10.2 Å². The maximum absolute atomic E-state index is 13.3. The summed E-state index contributed by atoms with van der Waals surface area (Å²) in [6.07, 6.45) is 2.84. The molecule has 0 radical (unpaired) electrons. The number of carbonyl (C=O) groups excluding carboxylic acids is 1. The number of likely N-dealkylation sites (tertiary alicyclic amines) is 1. The first-order chi connectivity index (χ1) is 16.6. The molecule has 0 spiro atoms. The lowest BCUT2D eigenvalue weighted by Crippen LogP contribution is -2.36. The number of likely N-dealkylation sites (N-methyl/N-ethyl adjacent to an activating group) is 1. The van der Waals surface area contributed by atoms with Crippen LogP contribution in [0.25, 0.3) is 32.5 Å². The number of amides is 1. The maximum atomic E-state index is 13.3. The highest BCUT2D eigenvalue weighted by Crippen LogP contribution is 2.36. The molecule has 4 aromatic rings. The molecule has 176 valence electrons. The van der Waals surface area contributed by atoms with E-state index in [0.29, 0.717) is 30.0 Å². The Morgan fingerprint density at radius 1 is 1.21 bits per heavy atom. The minimum atomic E-state index is 0.0737. The van der Waals surface area contributed by atoms with Crippen LogP contribution in [0, 0.1) is 0 Å². The van der Waals surface area contributed by atoms with E-state index in [1.807, 2.05) is 54.1 Å². The quantitative estimate of drug-likeness (QED) is 0.483. The zero-order valence-electron chi connectivity index (χ0n) is 19.3. The number of aryl methyl sites for hydroxylation is 1. The van der Waals surface area contributed by atoms with Crippen molar-refractivity contribution in [3.63, 3.8) is 0 Å². The van der Waals surface area contributed by atoms with Gasteiger partial charge in [-0.25, -0.2) is 9.97 Å². The van der Waals surface area contributed by atoms with Gasteiger partial charge in [-0.2, -0.15) is 5.10 Å². The van der Waals surface area contributed by atoms with Crippen molar-refractivity contribution in [2.24, 2.45) is 7.05 Å². The molecule has 2 saturated heterocycles. The highest BCUT2D eigenvalue weighted by atomic mass is 32.1. The third kappa shape index (κ3) is 3.62. The van der Waals surface area contributed by atoms with Crippen molar-refractivity contribution in [1.29, 1.82) is 0 Å². The third-order valence-electron chi connectivity index (χ3n) is 6.79. The highest BCUT2D eigenvalue weighted by molar-refractivity contribution is 7.21. The second-order valence-corrected chi connectivity index (χ2v) is 9.88. The van der Waals surface area contributed by atoms with Gasteiger partial charge in [0.25, 0.3) is 5.91 Å². The Morgan fingerprint density at radius 2 is 2.06 bits per heavy atom. The summed E-state index contributed by atoms with van der Waals surface area (Å²) in [6.45, 7) is 4.36. The number of morpholine rings is 1. The van der Waals surface area contributed by atoms with E-state index in [0.717, 1.165) is 65.1 Å². The van der Waals surface area contributed by atoms with Crippen molar-refractivity contribution in [2.45, 2.75) is 12.5 Å². The van der Waals surface area contributed by atoms with Gasteiger partial charge >= 0.3 is 0 Å². The van der Waals surface area contributed by atoms with E-state index in [1.54, 1.807) is 0 Å². The number of thiophene rings is 1. The number of hydrogen-bond acceptors (Lipinski definition) is 8. The van der Waals surface area contributed by atoms with E-state index in [1.165, 1.54) is 11.3 Å². The summed E-state index contributed by atoms with van der Waals surface area (Å²) < 4.78 is 8.39. The zero-order valence-corrected chi connectivity index (χ0v) is 20.1. The van der Waals surface area contributed by atoms with Crippen LogP contribution in [0.2, 0.25) is 0 Å². The van der Waals surface area contributed by atoms with E-state index in [2.05, 4.69) is 15.3 Å². The molecule has 1 N–H and O–H groups in total. The Labute approximate surface area is 201 Å². The van der Waals surface area contributed by atoms with Crippen molar-refractivity contribution in [3.8, 4) is 11.4 Å². The molecule has 0 bridgehead atoms. The number of anilines is 1. The molecule has 3 aromatic heterocycles. The van der Waals surface area contributed by atoms with Crippen molar-refractivity contribution in [1.82, 2.24) is 30.0 Å². The number of carbonyl (C=O) groups is 1. The van der Waals surface area contributed by atoms with Crippen molar-refractivity contribution >= 4 is 44.2 Å². The number of hydrogen-bond donors (Lipinski definition) is 1. The topological polar surface area (TPSA) is 88.4 Å². The largest absolute Gasteiger partial charge is 0.378 e. The van der Waals surface area contributed by atoms with Gasteiger partial charge in [-0.3, -0.25) is 9.48 Å². The number of fused-ring (bicyclic) bond motifs is 2. The normalized spacial score (nSPS) is 18.9. The molecule has 1 unspecified atom stereocenters. The minimum Gasteiger partial charge on any atom is -0.378 e. The predicted octanol–water partition coefficient (Wildman–Crippen LogP) is 2.52. The molecular formula is C24H27N7O2S. The van der Waals surface area contributed by atoms with Gasteiger partial charge in [0.15, 0.2) is 11.6 Å². The zero-order chi connectivity index (χ0) is 23.2. The van der Waals surface area contributed by atoms with E-state index in [9.17, 15) is 4.79 Å². The number of aromatic nitrogens is 4. The summed E-state index contributed by atoms with van der Waals surface area (Å²) in [5.74, 6) is 1.60. The lowest BCUT2D eigenvalue weighted by atomic mass is 10.1.